The number of hydrogen-bond acceptors (Lipinski definition) is 5. The van der Waals surface area contributed by atoms with E-state index in [1.165, 1.54) is 6.42 Å². The van der Waals surface area contributed by atoms with Crippen LogP contribution in [-0.2, 0) is 14.3 Å². The second kappa shape index (κ2) is 15.9. The van der Waals surface area contributed by atoms with Crippen LogP contribution in [0, 0.1) is 12.8 Å². The van der Waals surface area contributed by atoms with Crippen LogP contribution in [0.15, 0.2) is 18.2 Å². The summed E-state index contributed by atoms with van der Waals surface area (Å²) in [4.78, 5) is 42.7. The number of unbranched alkanes of at least 4 members (excludes halogenated alkanes) is 4. The molecule has 1 aromatic carbocycles. The molecule has 2 atom stereocenters. The van der Waals surface area contributed by atoms with Crippen LogP contribution in [0.4, 0.5) is 4.79 Å². The van der Waals surface area contributed by atoms with E-state index in [0.29, 0.717) is 17.7 Å². The number of nitrogens with one attached hydrogen (secondary N) is 2. The predicted molar refractivity (Wildman–Crippen MR) is 159 cm³/mol. The minimum absolute atomic E-state index is 0.0734. The summed E-state index contributed by atoms with van der Waals surface area (Å²) in [7, 11) is 0. The number of carbonyl (C=O) groups excluding carboxylic acids is 3. The van der Waals surface area contributed by atoms with Crippen molar-refractivity contribution in [1.29, 1.82) is 0 Å². The van der Waals surface area contributed by atoms with Gasteiger partial charge in [-0.05, 0) is 76.1 Å². The average Bonchev–Trinajstić information content (AvgIpc) is 2.87. The summed E-state index contributed by atoms with van der Waals surface area (Å²) < 4.78 is 5.47. The molecule has 3 N–H and O–H groups in total. The Morgan fingerprint density at radius 2 is 1.70 bits per heavy atom. The molecule has 0 radical (unpaired) electrons. The van der Waals surface area contributed by atoms with E-state index in [4.69, 9.17) is 4.74 Å². The standard InChI is InChI=1S/C32H53N3O5/c1-8-9-10-11-15-20-35(30(38)27(22(2)3)34-31(39)40-32(5,6)7)28(24-18-19-26(36)23(4)21-24)29(37)33-25-16-13-12-14-17-25/h18-19,21-22,25,27-28,36H,8-17,20H2,1-7H3,(H,33,37)(H,34,39). The van der Waals surface area contributed by atoms with Gasteiger partial charge in [0.25, 0.3) is 0 Å². The molecular weight excluding hydrogens is 506 g/mol. The van der Waals surface area contributed by atoms with Gasteiger partial charge in [0, 0.05) is 12.6 Å². The van der Waals surface area contributed by atoms with E-state index < -0.39 is 23.8 Å². The third-order valence-electron chi connectivity index (χ3n) is 7.44. The van der Waals surface area contributed by atoms with Crippen molar-refractivity contribution < 1.29 is 24.2 Å². The number of ether oxygens (including phenoxy) is 1. The third kappa shape index (κ3) is 10.7. The highest BCUT2D eigenvalue weighted by Crippen LogP contribution is 2.29. The number of nitrogens with zero attached hydrogens (tertiary/aromatic N) is 1. The predicted octanol–water partition coefficient (Wildman–Crippen LogP) is 6.54. The van der Waals surface area contributed by atoms with Crippen LogP contribution in [0.3, 0.4) is 0 Å². The van der Waals surface area contributed by atoms with Crippen LogP contribution in [0.1, 0.15) is 123 Å². The summed E-state index contributed by atoms with van der Waals surface area (Å²) in [5.74, 6) is -0.630. The van der Waals surface area contributed by atoms with E-state index in [0.717, 1.165) is 57.8 Å². The van der Waals surface area contributed by atoms with Crippen molar-refractivity contribution in [2.24, 2.45) is 5.92 Å². The molecule has 226 valence electrons. The maximum Gasteiger partial charge on any atom is 0.408 e. The first-order valence-electron chi connectivity index (χ1n) is 15.2. The first-order valence-corrected chi connectivity index (χ1v) is 15.2. The number of aryl methyl sites for hydroxylation is 1. The zero-order chi connectivity index (χ0) is 29.9. The monoisotopic (exact) mass is 559 g/mol. The van der Waals surface area contributed by atoms with Gasteiger partial charge < -0.3 is 25.4 Å². The van der Waals surface area contributed by atoms with Gasteiger partial charge in [0.1, 0.15) is 23.4 Å². The normalized spacial score (nSPS) is 15.8. The highest BCUT2D eigenvalue weighted by molar-refractivity contribution is 5.92. The van der Waals surface area contributed by atoms with Gasteiger partial charge in [-0.1, -0.05) is 71.8 Å². The van der Waals surface area contributed by atoms with Gasteiger partial charge >= 0.3 is 6.09 Å². The summed E-state index contributed by atoms with van der Waals surface area (Å²) in [6.07, 6.45) is 9.46. The second-order valence-electron chi connectivity index (χ2n) is 12.6. The Labute approximate surface area is 241 Å². The molecule has 0 aliphatic heterocycles. The molecule has 3 amide bonds. The smallest absolute Gasteiger partial charge is 0.408 e. The van der Waals surface area contributed by atoms with Crippen molar-refractivity contribution in [2.75, 3.05) is 6.54 Å². The van der Waals surface area contributed by atoms with E-state index in [9.17, 15) is 19.5 Å². The molecule has 1 aliphatic carbocycles. The van der Waals surface area contributed by atoms with Crippen molar-refractivity contribution in [1.82, 2.24) is 15.5 Å². The largest absolute Gasteiger partial charge is 0.508 e. The molecule has 8 nitrogen and oxygen atoms in total. The molecule has 2 unspecified atom stereocenters. The molecular formula is C32H53N3O5. The minimum atomic E-state index is -0.887. The lowest BCUT2D eigenvalue weighted by molar-refractivity contribution is -0.143. The van der Waals surface area contributed by atoms with Crippen molar-refractivity contribution >= 4 is 17.9 Å². The number of hydrogen-bond donors (Lipinski definition) is 3. The lowest BCUT2D eigenvalue weighted by atomic mass is 9.94. The Hall–Kier alpha value is -2.77. The van der Waals surface area contributed by atoms with Crippen molar-refractivity contribution in [2.45, 2.75) is 136 Å². The first kappa shape index (κ1) is 33.4. The van der Waals surface area contributed by atoms with E-state index in [2.05, 4.69) is 17.6 Å². The SMILES string of the molecule is CCCCCCCN(C(=O)C(NC(=O)OC(C)(C)C)C(C)C)C(C(=O)NC1CCCCC1)c1ccc(O)c(C)c1. The zero-order valence-corrected chi connectivity index (χ0v) is 25.8. The van der Waals surface area contributed by atoms with Crippen LogP contribution in [0.5, 0.6) is 5.75 Å². The van der Waals surface area contributed by atoms with E-state index >= 15 is 0 Å². The fraction of sp³-hybridized carbons (Fsp3) is 0.719. The van der Waals surface area contributed by atoms with Gasteiger partial charge in [-0.15, -0.1) is 0 Å². The first-order chi connectivity index (χ1) is 18.8. The fourth-order valence-electron chi connectivity index (χ4n) is 5.23. The molecule has 1 aromatic rings. The van der Waals surface area contributed by atoms with Crippen molar-refractivity contribution in [3.05, 3.63) is 29.3 Å². The Kier molecular flexibility index (Phi) is 13.3. The number of carbonyl (C=O) groups is 3. The molecule has 0 heterocycles. The van der Waals surface area contributed by atoms with Gasteiger partial charge in [-0.25, -0.2) is 4.79 Å². The Bertz CT molecular complexity index is 966. The quantitative estimate of drug-likeness (QED) is 0.238. The number of amides is 3. The molecule has 0 spiro atoms. The van der Waals surface area contributed by atoms with Crippen LogP contribution in [0.25, 0.3) is 0 Å². The molecule has 1 aliphatic rings. The molecule has 0 aromatic heterocycles. The number of alkyl carbamates (subject to hydrolysis) is 1. The summed E-state index contributed by atoms with van der Waals surface area (Å²) in [5, 5.41) is 16.2. The van der Waals surface area contributed by atoms with Crippen LogP contribution < -0.4 is 10.6 Å². The zero-order valence-electron chi connectivity index (χ0n) is 25.8. The number of phenols is 1. The minimum Gasteiger partial charge on any atom is -0.508 e. The van der Waals surface area contributed by atoms with Gasteiger partial charge in [0.15, 0.2) is 0 Å². The van der Waals surface area contributed by atoms with Gasteiger partial charge in [0.05, 0.1) is 0 Å². The third-order valence-corrected chi connectivity index (χ3v) is 7.44. The van der Waals surface area contributed by atoms with Gasteiger partial charge in [0.2, 0.25) is 11.8 Å². The Morgan fingerprint density at radius 3 is 2.27 bits per heavy atom. The number of benzene rings is 1. The lowest BCUT2D eigenvalue weighted by Gasteiger charge is -2.37. The second-order valence-corrected chi connectivity index (χ2v) is 12.6. The maximum absolute atomic E-state index is 14.3. The molecule has 8 heteroatoms. The van der Waals surface area contributed by atoms with Crippen molar-refractivity contribution in [3.63, 3.8) is 0 Å². The summed E-state index contributed by atoms with van der Waals surface area (Å²) in [6.45, 7) is 13.4. The molecule has 2 rings (SSSR count). The van der Waals surface area contributed by atoms with Crippen molar-refractivity contribution in [3.8, 4) is 5.75 Å². The lowest BCUT2D eigenvalue weighted by Crippen LogP contribution is -2.55. The molecule has 1 saturated carbocycles. The summed E-state index contributed by atoms with van der Waals surface area (Å²) in [5.41, 5.74) is 0.570. The molecule has 1 fully saturated rings. The molecule has 40 heavy (non-hydrogen) atoms. The van der Waals surface area contributed by atoms with Gasteiger partial charge in [-0.3, -0.25) is 9.59 Å². The Balaban J connectivity index is 2.47. The summed E-state index contributed by atoms with van der Waals surface area (Å²) >= 11 is 0. The fourth-order valence-corrected chi connectivity index (χ4v) is 5.23. The molecule has 0 bridgehead atoms. The maximum atomic E-state index is 14.3. The Morgan fingerprint density at radius 1 is 1.05 bits per heavy atom. The topological polar surface area (TPSA) is 108 Å². The number of phenolic OH excluding ortho intramolecular Hbond substituents is 1. The van der Waals surface area contributed by atoms with Crippen LogP contribution in [0.2, 0.25) is 0 Å². The number of aromatic hydroxyl groups is 1. The van der Waals surface area contributed by atoms with E-state index in [-0.39, 0.29) is 29.5 Å². The highest BCUT2D eigenvalue weighted by atomic mass is 16.6. The molecule has 0 saturated heterocycles. The average molecular weight is 560 g/mol. The van der Waals surface area contributed by atoms with Crippen LogP contribution in [-0.4, -0.2) is 52.1 Å². The van der Waals surface area contributed by atoms with Gasteiger partial charge in [-0.2, -0.15) is 0 Å². The highest BCUT2D eigenvalue weighted by Gasteiger charge is 2.38. The van der Waals surface area contributed by atoms with E-state index in [1.54, 1.807) is 50.8 Å². The summed E-state index contributed by atoms with van der Waals surface area (Å²) in [6, 6.07) is 3.40. The number of rotatable bonds is 13. The van der Waals surface area contributed by atoms with E-state index in [1.807, 2.05) is 13.8 Å². The van der Waals surface area contributed by atoms with Crippen LogP contribution >= 0.6 is 0 Å².